The van der Waals surface area contributed by atoms with E-state index in [4.69, 9.17) is 0 Å². The zero-order chi connectivity index (χ0) is 15.5. The maximum atomic E-state index is 13.8. The highest BCUT2D eigenvalue weighted by Gasteiger charge is 2.35. The highest BCUT2D eigenvalue weighted by molar-refractivity contribution is 8.00. The molecule has 2 rings (SSSR count). The van der Waals surface area contributed by atoms with Crippen molar-refractivity contribution in [3.8, 4) is 0 Å². The number of hydrogen-bond donors (Lipinski definition) is 1. The summed E-state index contributed by atoms with van der Waals surface area (Å²) >= 11 is 1.80. The lowest BCUT2D eigenvalue weighted by atomic mass is 9.99. The molecule has 21 heavy (non-hydrogen) atoms. The van der Waals surface area contributed by atoms with E-state index in [1.807, 2.05) is 6.92 Å². The van der Waals surface area contributed by atoms with E-state index in [9.17, 15) is 17.6 Å². The Labute approximate surface area is 126 Å². The molecule has 1 N–H and O–H groups in total. The van der Waals surface area contributed by atoms with Crippen LogP contribution in [-0.2, 0) is 6.18 Å². The van der Waals surface area contributed by atoms with Crippen molar-refractivity contribution < 1.29 is 17.6 Å². The van der Waals surface area contributed by atoms with Crippen molar-refractivity contribution in [1.29, 1.82) is 0 Å². The Morgan fingerprint density at radius 1 is 1.38 bits per heavy atom. The van der Waals surface area contributed by atoms with Crippen LogP contribution >= 0.6 is 11.8 Å². The van der Waals surface area contributed by atoms with Crippen molar-refractivity contribution in [2.45, 2.75) is 43.7 Å². The molecule has 1 aliphatic rings. The first-order valence-corrected chi connectivity index (χ1v) is 8.20. The monoisotopic (exact) mass is 321 g/mol. The summed E-state index contributed by atoms with van der Waals surface area (Å²) < 4.78 is 51.6. The van der Waals surface area contributed by atoms with Gasteiger partial charge in [-0.25, -0.2) is 4.39 Å². The third-order valence-electron chi connectivity index (χ3n) is 3.61. The Morgan fingerprint density at radius 2 is 2.14 bits per heavy atom. The minimum atomic E-state index is -4.64. The fourth-order valence-corrected chi connectivity index (χ4v) is 4.00. The Balaban J connectivity index is 2.25. The molecule has 1 aliphatic heterocycles. The largest absolute Gasteiger partial charge is 0.419 e. The lowest BCUT2D eigenvalue weighted by molar-refractivity contribution is -0.140. The van der Waals surface area contributed by atoms with Gasteiger partial charge in [0, 0.05) is 11.3 Å². The summed E-state index contributed by atoms with van der Waals surface area (Å²) in [5.41, 5.74) is -0.590. The van der Waals surface area contributed by atoms with Gasteiger partial charge in [-0.2, -0.15) is 24.9 Å². The van der Waals surface area contributed by atoms with E-state index >= 15 is 0 Å². The zero-order valence-electron chi connectivity index (χ0n) is 11.8. The highest BCUT2D eigenvalue weighted by Crippen LogP contribution is 2.38. The smallest absolute Gasteiger partial charge is 0.309 e. The van der Waals surface area contributed by atoms with E-state index in [-0.39, 0.29) is 6.04 Å². The predicted octanol–water partition coefficient (Wildman–Crippen LogP) is 4.78. The molecular weight excluding hydrogens is 302 g/mol. The summed E-state index contributed by atoms with van der Waals surface area (Å²) in [5.74, 6) is -0.135. The SMILES string of the molecule is CCCNC(c1ccc(C(F)(F)F)c(F)c1)C1CCCS1. The van der Waals surface area contributed by atoms with Crippen LogP contribution in [0.2, 0.25) is 0 Å². The molecular formula is C15H19F4NS. The van der Waals surface area contributed by atoms with Crippen LogP contribution in [0.4, 0.5) is 17.6 Å². The Morgan fingerprint density at radius 3 is 2.67 bits per heavy atom. The number of alkyl halides is 3. The van der Waals surface area contributed by atoms with Crippen LogP contribution in [0.1, 0.15) is 43.4 Å². The van der Waals surface area contributed by atoms with Crippen LogP contribution in [0.15, 0.2) is 18.2 Å². The van der Waals surface area contributed by atoms with Gasteiger partial charge in [0.25, 0.3) is 0 Å². The van der Waals surface area contributed by atoms with Gasteiger partial charge in [-0.05, 0) is 49.3 Å². The average Bonchev–Trinajstić information content (AvgIpc) is 2.91. The Bertz CT molecular complexity index is 469. The molecule has 6 heteroatoms. The third-order valence-corrected chi connectivity index (χ3v) is 5.07. The predicted molar refractivity (Wildman–Crippen MR) is 77.9 cm³/mol. The zero-order valence-corrected chi connectivity index (χ0v) is 12.7. The fraction of sp³-hybridized carbons (Fsp3) is 0.600. The average molecular weight is 321 g/mol. The number of rotatable bonds is 5. The molecule has 0 bridgehead atoms. The van der Waals surface area contributed by atoms with E-state index in [2.05, 4.69) is 5.32 Å². The first kappa shape index (κ1) is 16.6. The first-order valence-electron chi connectivity index (χ1n) is 7.15. The number of benzene rings is 1. The summed E-state index contributed by atoms with van der Waals surface area (Å²) in [6.07, 6.45) is -1.61. The van der Waals surface area contributed by atoms with Gasteiger partial charge in [-0.15, -0.1) is 0 Å². The summed E-state index contributed by atoms with van der Waals surface area (Å²) in [6, 6.07) is 3.20. The summed E-state index contributed by atoms with van der Waals surface area (Å²) in [7, 11) is 0. The molecule has 0 spiro atoms. The van der Waals surface area contributed by atoms with E-state index in [0.717, 1.165) is 43.7 Å². The highest BCUT2D eigenvalue weighted by atomic mass is 32.2. The standard InChI is InChI=1S/C15H19F4NS/c1-2-7-20-14(13-4-3-8-21-13)10-5-6-11(12(16)9-10)15(17,18)19/h5-6,9,13-14,20H,2-4,7-8H2,1H3. The molecule has 1 fully saturated rings. The maximum Gasteiger partial charge on any atom is 0.419 e. The molecule has 1 saturated heterocycles. The normalized spacial score (nSPS) is 20.7. The number of nitrogens with one attached hydrogen (secondary N) is 1. The summed E-state index contributed by atoms with van der Waals surface area (Å²) in [5, 5.41) is 3.64. The van der Waals surface area contributed by atoms with Gasteiger partial charge in [-0.1, -0.05) is 13.0 Å². The number of hydrogen-bond acceptors (Lipinski definition) is 2. The molecule has 0 radical (unpaired) electrons. The summed E-state index contributed by atoms with van der Waals surface area (Å²) in [4.78, 5) is 0. The topological polar surface area (TPSA) is 12.0 Å². The van der Waals surface area contributed by atoms with E-state index in [0.29, 0.717) is 10.8 Å². The van der Waals surface area contributed by atoms with Crippen LogP contribution in [0.25, 0.3) is 0 Å². The van der Waals surface area contributed by atoms with Crippen LogP contribution in [0.5, 0.6) is 0 Å². The van der Waals surface area contributed by atoms with Gasteiger partial charge in [0.2, 0.25) is 0 Å². The van der Waals surface area contributed by atoms with E-state index in [1.54, 1.807) is 11.8 Å². The van der Waals surface area contributed by atoms with Gasteiger partial charge in [0.05, 0.1) is 5.56 Å². The second kappa shape index (κ2) is 7.01. The Kier molecular flexibility index (Phi) is 5.54. The molecule has 2 atom stereocenters. The van der Waals surface area contributed by atoms with Crippen LogP contribution < -0.4 is 5.32 Å². The molecule has 0 aromatic heterocycles. The van der Waals surface area contributed by atoms with Crippen LogP contribution in [0, 0.1) is 5.82 Å². The first-order chi connectivity index (χ1) is 9.93. The molecule has 2 unspecified atom stereocenters. The van der Waals surface area contributed by atoms with Crippen LogP contribution in [-0.4, -0.2) is 17.5 Å². The lowest BCUT2D eigenvalue weighted by Crippen LogP contribution is -2.30. The van der Waals surface area contributed by atoms with Gasteiger partial charge < -0.3 is 5.32 Å². The fourth-order valence-electron chi connectivity index (χ4n) is 2.58. The lowest BCUT2D eigenvalue weighted by Gasteiger charge is -2.25. The molecule has 1 aromatic rings. The molecule has 0 saturated carbocycles. The second-order valence-corrected chi connectivity index (χ2v) is 6.57. The van der Waals surface area contributed by atoms with Gasteiger partial charge >= 0.3 is 6.18 Å². The van der Waals surface area contributed by atoms with E-state index < -0.39 is 17.6 Å². The molecule has 1 heterocycles. The van der Waals surface area contributed by atoms with Crippen molar-refractivity contribution in [3.05, 3.63) is 35.1 Å². The van der Waals surface area contributed by atoms with Crippen molar-refractivity contribution in [2.75, 3.05) is 12.3 Å². The van der Waals surface area contributed by atoms with Crippen LogP contribution in [0.3, 0.4) is 0 Å². The minimum Gasteiger partial charge on any atom is -0.309 e. The molecule has 1 nitrogen and oxygen atoms in total. The molecule has 0 amide bonds. The minimum absolute atomic E-state index is 0.0887. The molecule has 118 valence electrons. The molecule has 0 aliphatic carbocycles. The van der Waals surface area contributed by atoms with Crippen molar-refractivity contribution in [1.82, 2.24) is 5.32 Å². The molecule has 1 aromatic carbocycles. The number of thioether (sulfide) groups is 1. The van der Waals surface area contributed by atoms with Crippen molar-refractivity contribution >= 4 is 11.8 Å². The van der Waals surface area contributed by atoms with Gasteiger partial charge in [0.1, 0.15) is 5.82 Å². The van der Waals surface area contributed by atoms with Gasteiger partial charge in [0.15, 0.2) is 0 Å². The summed E-state index contributed by atoms with van der Waals surface area (Å²) in [6.45, 7) is 2.80. The maximum absolute atomic E-state index is 13.8. The Hall–Kier alpha value is -0.750. The quantitative estimate of drug-likeness (QED) is 0.783. The second-order valence-electron chi connectivity index (χ2n) is 5.22. The van der Waals surface area contributed by atoms with E-state index in [1.165, 1.54) is 6.07 Å². The van der Waals surface area contributed by atoms with Gasteiger partial charge in [-0.3, -0.25) is 0 Å². The third kappa shape index (κ3) is 4.13. The van der Waals surface area contributed by atoms with Crippen molar-refractivity contribution in [3.63, 3.8) is 0 Å². The number of halogens is 4. The van der Waals surface area contributed by atoms with Crippen molar-refractivity contribution in [2.24, 2.45) is 0 Å².